The van der Waals surface area contributed by atoms with Crippen LogP contribution in [-0.2, 0) is 10.2 Å². The number of carbonyl (C=O) groups excluding carboxylic acids is 1. The van der Waals surface area contributed by atoms with Crippen molar-refractivity contribution in [2.24, 2.45) is 0 Å². The molecular weight excluding hydrogens is 284 g/mol. The summed E-state index contributed by atoms with van der Waals surface area (Å²) in [6.45, 7) is 1.40. The Balaban J connectivity index is 2.05. The Labute approximate surface area is 138 Å². The molecule has 1 heterocycles. The summed E-state index contributed by atoms with van der Waals surface area (Å²) >= 11 is 0. The molecule has 2 aromatic carbocycles. The van der Waals surface area contributed by atoms with Crippen molar-refractivity contribution < 1.29 is 4.79 Å². The third kappa shape index (κ3) is 3.15. The summed E-state index contributed by atoms with van der Waals surface area (Å²) in [6, 6.07) is 21.2. The van der Waals surface area contributed by atoms with Crippen LogP contribution < -0.4 is 0 Å². The molecule has 120 valence electrons. The quantitative estimate of drug-likeness (QED) is 0.866. The van der Waals surface area contributed by atoms with Gasteiger partial charge in [-0.15, -0.1) is 0 Å². The maximum Gasteiger partial charge on any atom is 0.223 e. The van der Waals surface area contributed by atoms with Crippen LogP contribution in [0.4, 0.5) is 0 Å². The Hall–Kier alpha value is -2.13. The molecule has 0 aliphatic carbocycles. The standard InChI is InChI=1S/C20H24N2O/c1-21(2)16-22-15-20(14-13-19(22)23,17-9-5-3-6-10-17)18-11-7-4-8-12-18/h3-12H,13-16H2,1-2H3. The lowest BCUT2D eigenvalue weighted by Crippen LogP contribution is -2.52. The smallest absolute Gasteiger partial charge is 0.223 e. The largest absolute Gasteiger partial charge is 0.328 e. The predicted octanol–water partition coefficient (Wildman–Crippen LogP) is 3.11. The van der Waals surface area contributed by atoms with Gasteiger partial charge in [0.15, 0.2) is 0 Å². The summed E-state index contributed by atoms with van der Waals surface area (Å²) in [6.07, 6.45) is 1.46. The van der Waals surface area contributed by atoms with Gasteiger partial charge in [0.05, 0.1) is 6.67 Å². The fourth-order valence-corrected chi connectivity index (χ4v) is 3.59. The molecule has 2 aromatic rings. The van der Waals surface area contributed by atoms with Gasteiger partial charge in [-0.2, -0.15) is 0 Å². The number of amides is 1. The van der Waals surface area contributed by atoms with Crippen LogP contribution in [-0.4, -0.2) is 43.0 Å². The van der Waals surface area contributed by atoms with E-state index in [9.17, 15) is 4.79 Å². The van der Waals surface area contributed by atoms with E-state index in [0.717, 1.165) is 13.0 Å². The van der Waals surface area contributed by atoms with E-state index >= 15 is 0 Å². The summed E-state index contributed by atoms with van der Waals surface area (Å²) in [5, 5.41) is 0. The van der Waals surface area contributed by atoms with E-state index < -0.39 is 0 Å². The van der Waals surface area contributed by atoms with E-state index in [0.29, 0.717) is 13.1 Å². The molecule has 0 N–H and O–H groups in total. The molecule has 3 heteroatoms. The molecule has 0 bridgehead atoms. The van der Waals surface area contributed by atoms with Crippen LogP contribution in [0.15, 0.2) is 60.7 Å². The van der Waals surface area contributed by atoms with Crippen LogP contribution in [0.1, 0.15) is 24.0 Å². The number of hydrogen-bond donors (Lipinski definition) is 0. The maximum absolute atomic E-state index is 12.4. The van der Waals surface area contributed by atoms with Crippen LogP contribution >= 0.6 is 0 Å². The van der Waals surface area contributed by atoms with Gasteiger partial charge in [-0.25, -0.2) is 0 Å². The van der Waals surface area contributed by atoms with Gasteiger partial charge in [-0.05, 0) is 31.6 Å². The molecule has 0 saturated carbocycles. The van der Waals surface area contributed by atoms with Gasteiger partial charge in [0, 0.05) is 18.4 Å². The summed E-state index contributed by atoms with van der Waals surface area (Å²) in [5.41, 5.74) is 2.47. The van der Waals surface area contributed by atoms with E-state index in [1.54, 1.807) is 0 Å². The lowest BCUT2D eigenvalue weighted by Gasteiger charge is -2.44. The zero-order chi connectivity index (χ0) is 16.3. The monoisotopic (exact) mass is 308 g/mol. The molecule has 0 atom stereocenters. The first-order chi connectivity index (χ1) is 11.1. The minimum Gasteiger partial charge on any atom is -0.328 e. The average Bonchev–Trinajstić information content (AvgIpc) is 2.58. The molecule has 3 nitrogen and oxygen atoms in total. The van der Waals surface area contributed by atoms with E-state index in [-0.39, 0.29) is 11.3 Å². The van der Waals surface area contributed by atoms with Gasteiger partial charge in [0.1, 0.15) is 0 Å². The molecule has 1 aliphatic rings. The second-order valence-corrected chi connectivity index (χ2v) is 6.63. The van der Waals surface area contributed by atoms with Crippen molar-refractivity contribution in [3.63, 3.8) is 0 Å². The fraction of sp³-hybridized carbons (Fsp3) is 0.350. The summed E-state index contributed by atoms with van der Waals surface area (Å²) < 4.78 is 0. The van der Waals surface area contributed by atoms with Crippen molar-refractivity contribution in [3.05, 3.63) is 71.8 Å². The summed E-state index contributed by atoms with van der Waals surface area (Å²) in [4.78, 5) is 16.4. The Bertz CT molecular complexity index is 612. The molecule has 1 fully saturated rings. The van der Waals surface area contributed by atoms with Crippen LogP contribution in [0.25, 0.3) is 0 Å². The topological polar surface area (TPSA) is 23.6 Å². The van der Waals surface area contributed by atoms with E-state index in [1.807, 2.05) is 31.1 Å². The van der Waals surface area contributed by atoms with E-state index in [1.165, 1.54) is 11.1 Å². The molecule has 0 spiro atoms. The highest BCUT2D eigenvalue weighted by Gasteiger charge is 2.41. The highest BCUT2D eigenvalue weighted by atomic mass is 16.2. The lowest BCUT2D eigenvalue weighted by molar-refractivity contribution is -0.136. The minimum absolute atomic E-state index is 0.119. The second kappa shape index (κ2) is 6.55. The van der Waals surface area contributed by atoms with E-state index in [4.69, 9.17) is 0 Å². The zero-order valence-corrected chi connectivity index (χ0v) is 13.9. The number of likely N-dealkylation sites (tertiary alicyclic amines) is 1. The van der Waals surface area contributed by atoms with Gasteiger partial charge in [0.2, 0.25) is 5.91 Å². The number of hydrogen-bond acceptors (Lipinski definition) is 2. The molecule has 0 radical (unpaired) electrons. The molecular formula is C20H24N2O. The van der Waals surface area contributed by atoms with Gasteiger partial charge in [0.25, 0.3) is 0 Å². The normalized spacial score (nSPS) is 17.5. The number of piperidine rings is 1. The molecule has 1 aliphatic heterocycles. The third-order valence-corrected chi connectivity index (χ3v) is 4.69. The van der Waals surface area contributed by atoms with Crippen molar-refractivity contribution in [1.82, 2.24) is 9.80 Å². The molecule has 1 amide bonds. The first-order valence-corrected chi connectivity index (χ1v) is 8.15. The molecule has 3 rings (SSSR count). The summed E-state index contributed by atoms with van der Waals surface area (Å²) in [5.74, 6) is 0.251. The Kier molecular flexibility index (Phi) is 4.49. The van der Waals surface area contributed by atoms with Crippen LogP contribution in [0.5, 0.6) is 0 Å². The molecule has 1 saturated heterocycles. The van der Waals surface area contributed by atoms with Crippen LogP contribution in [0.3, 0.4) is 0 Å². The number of carbonyl (C=O) groups is 1. The number of nitrogens with zero attached hydrogens (tertiary/aromatic N) is 2. The van der Waals surface area contributed by atoms with Crippen molar-refractivity contribution >= 4 is 5.91 Å². The van der Waals surface area contributed by atoms with Gasteiger partial charge >= 0.3 is 0 Å². The minimum atomic E-state index is -0.119. The Morgan fingerprint density at radius 2 is 1.48 bits per heavy atom. The number of benzene rings is 2. The SMILES string of the molecule is CN(C)CN1CC(c2ccccc2)(c2ccccc2)CCC1=O. The van der Waals surface area contributed by atoms with E-state index in [2.05, 4.69) is 53.4 Å². The van der Waals surface area contributed by atoms with Crippen molar-refractivity contribution in [3.8, 4) is 0 Å². The van der Waals surface area contributed by atoms with Gasteiger partial charge in [-0.1, -0.05) is 60.7 Å². The third-order valence-electron chi connectivity index (χ3n) is 4.69. The first-order valence-electron chi connectivity index (χ1n) is 8.15. The first kappa shape index (κ1) is 15.8. The molecule has 0 unspecified atom stereocenters. The average molecular weight is 308 g/mol. The summed E-state index contributed by atoms with van der Waals surface area (Å²) in [7, 11) is 4.02. The Morgan fingerprint density at radius 3 is 1.96 bits per heavy atom. The molecule has 0 aromatic heterocycles. The Morgan fingerprint density at radius 1 is 0.957 bits per heavy atom. The molecule has 23 heavy (non-hydrogen) atoms. The second-order valence-electron chi connectivity index (χ2n) is 6.63. The van der Waals surface area contributed by atoms with Crippen molar-refractivity contribution in [2.75, 3.05) is 27.3 Å². The highest BCUT2D eigenvalue weighted by Crippen LogP contribution is 2.40. The number of rotatable bonds is 4. The maximum atomic E-state index is 12.4. The van der Waals surface area contributed by atoms with Crippen LogP contribution in [0.2, 0.25) is 0 Å². The van der Waals surface area contributed by atoms with Crippen molar-refractivity contribution in [2.45, 2.75) is 18.3 Å². The fourth-order valence-electron chi connectivity index (χ4n) is 3.59. The highest BCUT2D eigenvalue weighted by molar-refractivity contribution is 5.78. The predicted molar refractivity (Wildman–Crippen MR) is 93.2 cm³/mol. The van der Waals surface area contributed by atoms with Gasteiger partial charge < -0.3 is 4.90 Å². The van der Waals surface area contributed by atoms with Gasteiger partial charge in [-0.3, -0.25) is 9.69 Å². The lowest BCUT2D eigenvalue weighted by atomic mass is 9.69. The van der Waals surface area contributed by atoms with Crippen molar-refractivity contribution in [1.29, 1.82) is 0 Å². The zero-order valence-electron chi connectivity index (χ0n) is 13.9. The van der Waals surface area contributed by atoms with Crippen LogP contribution in [0, 0.1) is 0 Å².